The summed E-state index contributed by atoms with van der Waals surface area (Å²) in [7, 11) is 0. The van der Waals surface area contributed by atoms with Gasteiger partial charge in [0.25, 0.3) is 0 Å². The lowest BCUT2D eigenvalue weighted by molar-refractivity contribution is 0.101. The van der Waals surface area contributed by atoms with Crippen molar-refractivity contribution >= 4 is 11.5 Å². The largest absolute Gasteiger partial charge is 0.394 e. The maximum atomic E-state index is 13.9. The van der Waals surface area contributed by atoms with Crippen LogP contribution in [0, 0.1) is 5.82 Å². The maximum absolute atomic E-state index is 13.9. The molecule has 1 saturated heterocycles. The van der Waals surface area contributed by atoms with Gasteiger partial charge in [0.15, 0.2) is 5.78 Å². The zero-order valence-electron chi connectivity index (χ0n) is 9.82. The Morgan fingerprint density at radius 3 is 3.00 bits per heavy atom. The van der Waals surface area contributed by atoms with Gasteiger partial charge in [-0.3, -0.25) is 4.79 Å². The Morgan fingerprint density at radius 2 is 2.35 bits per heavy atom. The molecule has 1 heterocycles. The average molecular weight is 237 g/mol. The van der Waals surface area contributed by atoms with Crippen molar-refractivity contribution in [2.75, 3.05) is 18.1 Å². The van der Waals surface area contributed by atoms with E-state index in [-0.39, 0.29) is 18.4 Å². The molecule has 92 valence electrons. The summed E-state index contributed by atoms with van der Waals surface area (Å²) < 4.78 is 13.9. The molecule has 1 atom stereocenters. The van der Waals surface area contributed by atoms with Crippen LogP contribution in [0.2, 0.25) is 0 Å². The number of nitrogens with zero attached hydrogens (tertiary/aromatic N) is 1. The number of aliphatic hydroxyl groups excluding tert-OH is 1. The van der Waals surface area contributed by atoms with Crippen molar-refractivity contribution in [3.05, 3.63) is 29.6 Å². The lowest BCUT2D eigenvalue weighted by Crippen LogP contribution is -2.33. The second kappa shape index (κ2) is 4.84. The third kappa shape index (κ3) is 2.17. The molecule has 0 saturated carbocycles. The zero-order chi connectivity index (χ0) is 12.4. The van der Waals surface area contributed by atoms with Crippen LogP contribution in [-0.2, 0) is 0 Å². The third-order valence-corrected chi connectivity index (χ3v) is 3.24. The van der Waals surface area contributed by atoms with Gasteiger partial charge in [0.1, 0.15) is 5.82 Å². The van der Waals surface area contributed by atoms with Gasteiger partial charge in [-0.25, -0.2) is 4.39 Å². The lowest BCUT2D eigenvalue weighted by atomic mass is 10.1. The number of para-hydroxylation sites is 1. The summed E-state index contributed by atoms with van der Waals surface area (Å²) in [5.74, 6) is -0.541. The van der Waals surface area contributed by atoms with E-state index in [1.807, 2.05) is 4.90 Å². The Morgan fingerprint density at radius 1 is 1.59 bits per heavy atom. The molecule has 2 rings (SSSR count). The van der Waals surface area contributed by atoms with E-state index in [1.165, 1.54) is 13.0 Å². The smallest absolute Gasteiger partial charge is 0.161 e. The molecule has 1 unspecified atom stereocenters. The zero-order valence-corrected chi connectivity index (χ0v) is 9.82. The fourth-order valence-corrected chi connectivity index (χ4v) is 2.41. The van der Waals surface area contributed by atoms with Crippen molar-refractivity contribution < 1.29 is 14.3 Å². The van der Waals surface area contributed by atoms with E-state index in [9.17, 15) is 14.3 Å². The van der Waals surface area contributed by atoms with Gasteiger partial charge in [0, 0.05) is 12.1 Å². The van der Waals surface area contributed by atoms with Crippen LogP contribution in [-0.4, -0.2) is 30.1 Å². The molecular weight excluding hydrogens is 221 g/mol. The van der Waals surface area contributed by atoms with E-state index >= 15 is 0 Å². The van der Waals surface area contributed by atoms with Crippen molar-refractivity contribution in [1.29, 1.82) is 0 Å². The Balaban J connectivity index is 2.46. The first-order valence-corrected chi connectivity index (χ1v) is 5.82. The van der Waals surface area contributed by atoms with Gasteiger partial charge >= 0.3 is 0 Å². The molecule has 1 aliphatic heterocycles. The van der Waals surface area contributed by atoms with Crippen molar-refractivity contribution in [2.45, 2.75) is 25.8 Å². The van der Waals surface area contributed by atoms with Gasteiger partial charge in [-0.05, 0) is 31.9 Å². The van der Waals surface area contributed by atoms with E-state index in [1.54, 1.807) is 12.1 Å². The van der Waals surface area contributed by atoms with Gasteiger partial charge < -0.3 is 10.0 Å². The van der Waals surface area contributed by atoms with Crippen LogP contribution >= 0.6 is 0 Å². The van der Waals surface area contributed by atoms with Gasteiger partial charge in [-0.2, -0.15) is 0 Å². The fraction of sp³-hybridized carbons (Fsp3) is 0.462. The highest BCUT2D eigenvalue weighted by molar-refractivity contribution is 6.00. The number of ketones is 1. The summed E-state index contributed by atoms with van der Waals surface area (Å²) in [6.45, 7) is 2.11. The Hall–Kier alpha value is -1.42. The van der Waals surface area contributed by atoms with Crippen LogP contribution in [0.3, 0.4) is 0 Å². The molecular formula is C13H16FNO2. The molecule has 1 aliphatic rings. The average Bonchev–Trinajstić information content (AvgIpc) is 2.76. The van der Waals surface area contributed by atoms with E-state index in [4.69, 9.17) is 0 Å². The van der Waals surface area contributed by atoms with Crippen molar-refractivity contribution in [3.8, 4) is 0 Å². The van der Waals surface area contributed by atoms with E-state index in [2.05, 4.69) is 0 Å². The number of hydrogen-bond acceptors (Lipinski definition) is 3. The molecule has 1 aromatic rings. The molecule has 3 nitrogen and oxygen atoms in total. The number of Topliss-reactive ketones (excluding diaryl/α,β-unsaturated/α-hetero) is 1. The third-order valence-electron chi connectivity index (χ3n) is 3.24. The van der Waals surface area contributed by atoms with Crippen molar-refractivity contribution in [2.24, 2.45) is 0 Å². The number of aliphatic hydroxyl groups is 1. The minimum Gasteiger partial charge on any atom is -0.394 e. The first kappa shape index (κ1) is 12.0. The highest BCUT2D eigenvalue weighted by Crippen LogP contribution is 2.31. The summed E-state index contributed by atoms with van der Waals surface area (Å²) in [6, 6.07) is 4.45. The van der Waals surface area contributed by atoms with Crippen LogP contribution in [0.25, 0.3) is 0 Å². The molecule has 0 radical (unpaired) electrons. The van der Waals surface area contributed by atoms with Gasteiger partial charge in [0.05, 0.1) is 18.3 Å². The van der Waals surface area contributed by atoms with Crippen LogP contribution in [0.15, 0.2) is 18.2 Å². The number of carbonyl (C=O) groups is 1. The molecule has 1 aromatic carbocycles. The molecule has 1 fully saturated rings. The Labute approximate surface area is 99.9 Å². The summed E-state index contributed by atoms with van der Waals surface area (Å²) in [6.07, 6.45) is 1.75. The summed E-state index contributed by atoms with van der Waals surface area (Å²) in [5.41, 5.74) is 0.738. The highest BCUT2D eigenvalue weighted by Gasteiger charge is 2.28. The predicted octanol–water partition coefficient (Wildman–Crippen LogP) is 1.99. The van der Waals surface area contributed by atoms with Crippen molar-refractivity contribution in [3.63, 3.8) is 0 Å². The van der Waals surface area contributed by atoms with Crippen LogP contribution in [0.1, 0.15) is 30.1 Å². The van der Waals surface area contributed by atoms with Gasteiger partial charge in [-0.15, -0.1) is 0 Å². The predicted molar refractivity (Wildman–Crippen MR) is 63.9 cm³/mol. The van der Waals surface area contributed by atoms with E-state index < -0.39 is 5.82 Å². The maximum Gasteiger partial charge on any atom is 0.161 e. The quantitative estimate of drug-likeness (QED) is 0.817. The molecule has 1 N–H and O–H groups in total. The first-order valence-electron chi connectivity index (χ1n) is 5.82. The normalized spacial score (nSPS) is 19.7. The van der Waals surface area contributed by atoms with E-state index in [0.29, 0.717) is 17.8 Å². The molecule has 0 spiro atoms. The van der Waals surface area contributed by atoms with Crippen molar-refractivity contribution in [1.82, 2.24) is 0 Å². The molecule has 0 aromatic heterocycles. The summed E-state index contributed by atoms with van der Waals surface area (Å²) in [4.78, 5) is 13.3. The van der Waals surface area contributed by atoms with Crippen LogP contribution in [0.5, 0.6) is 0 Å². The number of halogens is 1. The van der Waals surface area contributed by atoms with E-state index in [0.717, 1.165) is 12.8 Å². The molecule has 4 heteroatoms. The number of carbonyl (C=O) groups excluding carboxylic acids is 1. The van der Waals surface area contributed by atoms with Gasteiger partial charge in [-0.1, -0.05) is 6.07 Å². The highest BCUT2D eigenvalue weighted by atomic mass is 19.1. The summed E-state index contributed by atoms with van der Waals surface area (Å²) >= 11 is 0. The number of hydrogen-bond donors (Lipinski definition) is 1. The minimum absolute atomic E-state index is 0.00825. The SMILES string of the molecule is CC(=O)c1cccc(F)c1N1CCCC1CO. The summed E-state index contributed by atoms with van der Waals surface area (Å²) in [5, 5.41) is 9.27. The molecule has 17 heavy (non-hydrogen) atoms. The Kier molecular flexibility index (Phi) is 3.43. The minimum atomic E-state index is -0.391. The second-order valence-electron chi connectivity index (χ2n) is 4.36. The fourth-order valence-electron chi connectivity index (χ4n) is 2.41. The molecule has 0 bridgehead atoms. The molecule has 0 aliphatic carbocycles. The topological polar surface area (TPSA) is 40.5 Å². The lowest BCUT2D eigenvalue weighted by Gasteiger charge is -2.27. The second-order valence-corrected chi connectivity index (χ2v) is 4.36. The number of benzene rings is 1. The Bertz CT molecular complexity index is 433. The molecule has 0 amide bonds. The number of anilines is 1. The number of rotatable bonds is 3. The first-order chi connectivity index (χ1) is 8.15. The van der Waals surface area contributed by atoms with Crippen LogP contribution in [0.4, 0.5) is 10.1 Å². The van der Waals surface area contributed by atoms with Gasteiger partial charge in [0.2, 0.25) is 0 Å². The standard InChI is InChI=1S/C13H16FNO2/c1-9(17)11-5-2-6-12(14)13(11)15-7-3-4-10(15)8-16/h2,5-6,10,16H,3-4,7-8H2,1H3. The monoisotopic (exact) mass is 237 g/mol. The van der Waals surface area contributed by atoms with Crippen LogP contribution < -0.4 is 4.90 Å².